The second-order valence-corrected chi connectivity index (χ2v) is 10.2. The zero-order valence-corrected chi connectivity index (χ0v) is 25.7. The summed E-state index contributed by atoms with van der Waals surface area (Å²) < 4.78 is 21.3. The Hall–Kier alpha value is -2.45. The first-order valence-electron chi connectivity index (χ1n) is 15.6. The largest absolute Gasteiger partial charge is 0.481 e. The monoisotopic (exact) mass is 618 g/mol. The van der Waals surface area contributed by atoms with Crippen molar-refractivity contribution in [3.63, 3.8) is 0 Å². The smallest absolute Gasteiger partial charge is 0.326 e. The van der Waals surface area contributed by atoms with E-state index in [2.05, 4.69) is 0 Å². The van der Waals surface area contributed by atoms with Crippen molar-refractivity contribution in [2.75, 3.05) is 59.4 Å². The summed E-state index contributed by atoms with van der Waals surface area (Å²) in [7, 11) is 0. The summed E-state index contributed by atoms with van der Waals surface area (Å²) in [6.45, 7) is 3.01. The van der Waals surface area contributed by atoms with Gasteiger partial charge in [-0.05, 0) is 19.3 Å². The molecular formula is C30H54N2O11. The van der Waals surface area contributed by atoms with Gasteiger partial charge in [-0.1, -0.05) is 51.4 Å². The fourth-order valence-electron chi connectivity index (χ4n) is 4.27. The maximum absolute atomic E-state index is 13.0. The molecule has 0 aromatic carbocycles. The lowest BCUT2D eigenvalue weighted by Gasteiger charge is -2.27. The minimum atomic E-state index is -1.55. The third-order valence-electron chi connectivity index (χ3n) is 6.57. The maximum atomic E-state index is 13.0. The molecule has 2 amide bonds. The first-order valence-corrected chi connectivity index (χ1v) is 15.6. The second-order valence-electron chi connectivity index (χ2n) is 10.2. The van der Waals surface area contributed by atoms with Crippen LogP contribution < -0.4 is 5.73 Å². The lowest BCUT2D eigenvalue weighted by Crippen LogP contribution is -2.49. The van der Waals surface area contributed by atoms with Gasteiger partial charge in [-0.3, -0.25) is 19.3 Å². The maximum Gasteiger partial charge on any atom is 0.326 e. The van der Waals surface area contributed by atoms with Gasteiger partial charge in [-0.2, -0.15) is 0 Å². The van der Waals surface area contributed by atoms with Crippen LogP contribution in [0.1, 0.15) is 96.3 Å². The van der Waals surface area contributed by atoms with Gasteiger partial charge in [0.25, 0.3) is 0 Å². The molecule has 4 N–H and O–H groups in total. The number of ether oxygens (including phenoxy) is 4. The number of carbonyl (C=O) groups is 5. The number of aldehydes is 1. The fourth-order valence-corrected chi connectivity index (χ4v) is 4.27. The number of amides is 2. The van der Waals surface area contributed by atoms with Gasteiger partial charge in [-0.25, -0.2) is 4.79 Å². The standard InChI is InChI=1S/C30H54N2O11/c31-16-19-41-21-23-43-25-24-42-22-20-40-18-15-28(35)32(26(30(38)39)13-14-29(36)37)27(34)12-10-8-6-4-2-1-3-5-7-9-11-17-33/h17,26H,1-16,18-25,31H2,(H,36,37)(H,38,39)/t26-/m0/s1. The van der Waals surface area contributed by atoms with Crippen LogP contribution in [0.15, 0.2) is 0 Å². The average Bonchev–Trinajstić information content (AvgIpc) is 2.97. The normalized spacial score (nSPS) is 11.7. The molecule has 0 saturated carbocycles. The van der Waals surface area contributed by atoms with Gasteiger partial charge >= 0.3 is 11.9 Å². The molecule has 0 aliphatic heterocycles. The van der Waals surface area contributed by atoms with Crippen LogP contribution in [0.2, 0.25) is 0 Å². The Bertz CT molecular complexity index is 752. The van der Waals surface area contributed by atoms with Crippen molar-refractivity contribution in [3.05, 3.63) is 0 Å². The van der Waals surface area contributed by atoms with Crippen molar-refractivity contribution in [2.45, 2.75) is 102 Å². The van der Waals surface area contributed by atoms with Crippen LogP contribution in [-0.4, -0.2) is 111 Å². The summed E-state index contributed by atoms with van der Waals surface area (Å²) in [5.74, 6) is -3.95. The zero-order chi connectivity index (χ0) is 32.0. The van der Waals surface area contributed by atoms with Crippen molar-refractivity contribution in [2.24, 2.45) is 5.73 Å². The molecule has 0 unspecified atom stereocenters. The predicted octanol–water partition coefficient (Wildman–Crippen LogP) is 2.95. The van der Waals surface area contributed by atoms with E-state index in [0.717, 1.165) is 64.1 Å². The zero-order valence-electron chi connectivity index (χ0n) is 25.7. The van der Waals surface area contributed by atoms with E-state index in [1.54, 1.807) is 0 Å². The first kappa shape index (κ1) is 40.5. The molecule has 43 heavy (non-hydrogen) atoms. The Balaban J connectivity index is 4.43. The minimum Gasteiger partial charge on any atom is -0.481 e. The molecule has 0 aromatic heterocycles. The number of hydrogen-bond acceptors (Lipinski definition) is 10. The SMILES string of the molecule is NCCOCCOCCOCCOCCC(=O)N(C(=O)CCCCCCCCCCCCC=O)[C@@H](CCC(=O)O)C(=O)O. The van der Waals surface area contributed by atoms with E-state index in [1.165, 1.54) is 0 Å². The third kappa shape index (κ3) is 24.7. The summed E-state index contributed by atoms with van der Waals surface area (Å²) in [4.78, 5) is 59.9. The topological polar surface area (TPSA) is 192 Å². The Kier molecular flexibility index (Phi) is 27.9. The van der Waals surface area contributed by atoms with Crippen molar-refractivity contribution < 1.29 is 53.1 Å². The number of nitrogens with zero attached hydrogens (tertiary/aromatic N) is 1. The highest BCUT2D eigenvalue weighted by Crippen LogP contribution is 2.16. The highest BCUT2D eigenvalue weighted by atomic mass is 16.6. The first-order chi connectivity index (χ1) is 20.8. The summed E-state index contributed by atoms with van der Waals surface area (Å²) >= 11 is 0. The number of nitrogens with two attached hydrogens (primary N) is 1. The van der Waals surface area contributed by atoms with E-state index in [-0.39, 0.29) is 39.1 Å². The van der Waals surface area contributed by atoms with E-state index in [4.69, 9.17) is 29.8 Å². The molecule has 0 radical (unpaired) electrons. The molecule has 0 saturated heterocycles. The van der Waals surface area contributed by atoms with Crippen molar-refractivity contribution in [3.8, 4) is 0 Å². The fraction of sp³-hybridized carbons (Fsp3) is 0.833. The molecule has 0 bridgehead atoms. The van der Waals surface area contributed by atoms with Gasteiger partial charge in [0.2, 0.25) is 11.8 Å². The molecule has 0 aliphatic rings. The van der Waals surface area contributed by atoms with Crippen LogP contribution >= 0.6 is 0 Å². The van der Waals surface area contributed by atoms with Crippen molar-refractivity contribution in [1.29, 1.82) is 0 Å². The van der Waals surface area contributed by atoms with Crippen LogP contribution in [0.25, 0.3) is 0 Å². The Morgan fingerprint density at radius 2 is 1.05 bits per heavy atom. The lowest BCUT2D eigenvalue weighted by atomic mass is 10.0. The Morgan fingerprint density at radius 1 is 0.605 bits per heavy atom. The molecule has 250 valence electrons. The van der Waals surface area contributed by atoms with Gasteiger partial charge in [-0.15, -0.1) is 0 Å². The van der Waals surface area contributed by atoms with E-state index >= 15 is 0 Å². The van der Waals surface area contributed by atoms with Crippen molar-refractivity contribution >= 4 is 30.0 Å². The summed E-state index contributed by atoms with van der Waals surface area (Å²) in [6, 6.07) is -1.55. The van der Waals surface area contributed by atoms with E-state index in [1.807, 2.05) is 0 Å². The van der Waals surface area contributed by atoms with Gasteiger partial charge in [0.15, 0.2) is 0 Å². The lowest BCUT2D eigenvalue weighted by molar-refractivity contribution is -0.159. The minimum absolute atomic E-state index is 0.00916. The number of carboxylic acids is 2. The van der Waals surface area contributed by atoms with E-state index < -0.39 is 36.2 Å². The second kappa shape index (κ2) is 29.6. The number of unbranched alkanes of at least 4 members (excludes halogenated alkanes) is 10. The summed E-state index contributed by atoms with van der Waals surface area (Å²) in [5.41, 5.74) is 5.32. The molecule has 0 aromatic rings. The van der Waals surface area contributed by atoms with Crippen LogP contribution in [-0.2, 0) is 42.9 Å². The molecule has 0 heterocycles. The highest BCUT2D eigenvalue weighted by Gasteiger charge is 2.34. The molecule has 13 heteroatoms. The molecule has 0 rings (SSSR count). The van der Waals surface area contributed by atoms with Gasteiger partial charge in [0.1, 0.15) is 12.3 Å². The molecule has 0 fully saturated rings. The highest BCUT2D eigenvalue weighted by molar-refractivity contribution is 5.99. The number of carbonyl (C=O) groups excluding carboxylic acids is 3. The third-order valence-corrected chi connectivity index (χ3v) is 6.57. The van der Waals surface area contributed by atoms with Crippen LogP contribution in [0.4, 0.5) is 0 Å². The predicted molar refractivity (Wildman–Crippen MR) is 159 cm³/mol. The van der Waals surface area contributed by atoms with Gasteiger partial charge < -0.3 is 39.7 Å². The Labute approximate surface area is 255 Å². The summed E-state index contributed by atoms with van der Waals surface area (Å²) in [6.07, 6.45) is 10.3. The number of imide groups is 1. The molecule has 0 spiro atoms. The quantitative estimate of drug-likeness (QED) is 0.0739. The van der Waals surface area contributed by atoms with E-state index in [9.17, 15) is 29.1 Å². The van der Waals surface area contributed by atoms with Crippen molar-refractivity contribution in [1.82, 2.24) is 4.90 Å². The molecule has 1 atom stereocenters. The van der Waals surface area contributed by atoms with E-state index in [0.29, 0.717) is 57.3 Å². The van der Waals surface area contributed by atoms with Crippen LogP contribution in [0, 0.1) is 0 Å². The van der Waals surface area contributed by atoms with Crippen LogP contribution in [0.3, 0.4) is 0 Å². The number of hydrogen-bond donors (Lipinski definition) is 3. The average molecular weight is 619 g/mol. The van der Waals surface area contributed by atoms with Crippen LogP contribution in [0.5, 0.6) is 0 Å². The number of carboxylic acid groups (broad SMARTS) is 2. The number of aliphatic carboxylic acids is 2. The molecular weight excluding hydrogens is 564 g/mol. The number of rotatable bonds is 32. The molecule has 0 aliphatic carbocycles. The van der Waals surface area contributed by atoms with Gasteiger partial charge in [0, 0.05) is 25.8 Å². The summed E-state index contributed by atoms with van der Waals surface area (Å²) in [5, 5.41) is 18.7. The molecule has 13 nitrogen and oxygen atoms in total. The van der Waals surface area contributed by atoms with Gasteiger partial charge in [0.05, 0.1) is 59.3 Å². The Morgan fingerprint density at radius 3 is 1.51 bits per heavy atom.